The van der Waals surface area contributed by atoms with Crippen molar-refractivity contribution in [3.05, 3.63) is 36.4 Å². The van der Waals surface area contributed by atoms with E-state index >= 15 is 0 Å². The summed E-state index contributed by atoms with van der Waals surface area (Å²) in [5.74, 6) is 0.878. The van der Waals surface area contributed by atoms with E-state index in [1.807, 2.05) is 36.4 Å². The van der Waals surface area contributed by atoms with Gasteiger partial charge in [-0.1, -0.05) is 0 Å². The van der Waals surface area contributed by atoms with Crippen LogP contribution in [0.4, 0.5) is 0 Å². The minimum atomic E-state index is 0.852. The van der Waals surface area contributed by atoms with Gasteiger partial charge in [-0.2, -0.15) is 0 Å². The van der Waals surface area contributed by atoms with Gasteiger partial charge in [0.25, 0.3) is 0 Å². The Hall–Kier alpha value is -0.981. The van der Waals surface area contributed by atoms with E-state index in [-0.39, 0.29) is 0 Å². The van der Waals surface area contributed by atoms with E-state index < -0.39 is 0 Å². The van der Waals surface area contributed by atoms with Crippen LogP contribution in [0.5, 0.6) is 5.75 Å². The van der Waals surface area contributed by atoms with Crippen LogP contribution in [0.25, 0.3) is 10.8 Å². The van der Waals surface area contributed by atoms with Crippen LogP contribution in [-0.2, 0) is 16.0 Å². The van der Waals surface area contributed by atoms with E-state index in [9.17, 15) is 0 Å². The van der Waals surface area contributed by atoms with Crippen molar-refractivity contribution in [1.29, 1.82) is 0 Å². The average molecular weight is 221 g/mol. The van der Waals surface area contributed by atoms with Crippen molar-refractivity contribution in [3.63, 3.8) is 0 Å². The summed E-state index contributed by atoms with van der Waals surface area (Å²) in [6, 6.07) is 11.9. The van der Waals surface area contributed by atoms with Gasteiger partial charge in [0.05, 0.1) is 0 Å². The van der Waals surface area contributed by atoms with Crippen molar-refractivity contribution in [3.8, 4) is 5.75 Å². The summed E-state index contributed by atoms with van der Waals surface area (Å²) in [7, 11) is 1.67. The first-order valence-electron chi connectivity index (χ1n) is 3.99. The zero-order valence-corrected chi connectivity index (χ0v) is 8.12. The molecule has 0 N–H and O–H groups in total. The van der Waals surface area contributed by atoms with Gasteiger partial charge >= 0.3 is 85.2 Å². The Bertz CT molecular complexity index is 437. The van der Waals surface area contributed by atoms with Gasteiger partial charge in [-0.3, -0.25) is 0 Å². The molecule has 2 aromatic rings. The van der Waals surface area contributed by atoms with Gasteiger partial charge in [-0.25, -0.2) is 0 Å². The van der Waals surface area contributed by atoms with Gasteiger partial charge in [0.1, 0.15) is 0 Å². The molecule has 0 atom stereocenters. The van der Waals surface area contributed by atoms with E-state index in [4.69, 9.17) is 20.7 Å². The molecule has 0 fully saturated rings. The Morgan fingerprint density at radius 2 is 1.69 bits per heavy atom. The molecule has 2 heteroatoms. The SMILES string of the molecule is COc1ccc2c[c]([Cu])ccc2c1. The molecule has 0 unspecified atom stereocenters. The number of methoxy groups -OCH3 is 1. The van der Waals surface area contributed by atoms with Gasteiger partial charge in [0.15, 0.2) is 0 Å². The van der Waals surface area contributed by atoms with Crippen LogP contribution >= 0.6 is 0 Å². The Kier molecular flexibility index (Phi) is 2.26. The Morgan fingerprint density at radius 1 is 1.00 bits per heavy atom. The van der Waals surface area contributed by atoms with Crippen LogP contribution in [0.15, 0.2) is 36.4 Å². The predicted octanol–water partition coefficient (Wildman–Crippen LogP) is 2.02. The molecule has 0 heterocycles. The first-order chi connectivity index (χ1) is 6.29. The van der Waals surface area contributed by atoms with Crippen LogP contribution < -0.4 is 9.20 Å². The molecule has 0 aliphatic carbocycles. The Balaban J connectivity index is 2.66. The number of fused-ring (bicyclic) bond motifs is 1. The fourth-order valence-corrected chi connectivity index (χ4v) is 1.53. The van der Waals surface area contributed by atoms with E-state index in [1.165, 1.54) is 0 Å². The standard InChI is InChI=1S/C11H9O.Cu/c1-12-11-7-6-9-4-2-3-5-10(9)8-11;/h3-8H,1H3;. The predicted molar refractivity (Wildman–Crippen MR) is 50.1 cm³/mol. The van der Waals surface area contributed by atoms with E-state index in [0.29, 0.717) is 0 Å². The summed E-state index contributed by atoms with van der Waals surface area (Å²) in [5, 5.41) is 2.31. The van der Waals surface area contributed by atoms with E-state index in [1.54, 1.807) is 7.11 Å². The molecule has 0 aliphatic rings. The molecule has 0 bridgehead atoms. The van der Waals surface area contributed by atoms with Crippen LogP contribution in [0.3, 0.4) is 0 Å². The molecular weight excluding hydrogens is 212 g/mol. The van der Waals surface area contributed by atoms with Crippen molar-refractivity contribution < 1.29 is 20.7 Å². The maximum atomic E-state index is 5.22. The summed E-state index contributed by atoms with van der Waals surface area (Å²) in [6.07, 6.45) is 0. The van der Waals surface area contributed by atoms with Crippen molar-refractivity contribution in [2.45, 2.75) is 0 Å². The van der Waals surface area contributed by atoms with Crippen LogP contribution in [0.2, 0.25) is 0 Å². The van der Waals surface area contributed by atoms with Crippen molar-refractivity contribution >= 4 is 15.2 Å². The molecular formula is C11H9CuO. The Morgan fingerprint density at radius 3 is 2.46 bits per heavy atom. The van der Waals surface area contributed by atoms with Crippen molar-refractivity contribution in [2.24, 2.45) is 0 Å². The number of ether oxygens (including phenoxy) is 1. The van der Waals surface area contributed by atoms with Gasteiger partial charge in [0, 0.05) is 0 Å². The molecule has 0 spiro atoms. The van der Waals surface area contributed by atoms with Crippen molar-refractivity contribution in [2.75, 3.05) is 7.11 Å². The molecule has 0 saturated heterocycles. The van der Waals surface area contributed by atoms with E-state index in [2.05, 4.69) is 0 Å². The van der Waals surface area contributed by atoms with Gasteiger partial charge < -0.3 is 0 Å². The summed E-state index contributed by atoms with van der Waals surface area (Å²) < 4.78 is 5.98. The maximum absolute atomic E-state index is 5.22. The number of rotatable bonds is 1. The third kappa shape index (κ3) is 1.69. The van der Waals surface area contributed by atoms with Crippen molar-refractivity contribution in [1.82, 2.24) is 0 Å². The van der Waals surface area contributed by atoms with Gasteiger partial charge in [-0.15, -0.1) is 0 Å². The normalized spacial score (nSPS) is 10.4. The van der Waals surface area contributed by atoms with Crippen LogP contribution in [-0.4, -0.2) is 7.11 Å². The van der Waals surface area contributed by atoms with Gasteiger partial charge in [0.2, 0.25) is 0 Å². The molecule has 2 aromatic carbocycles. The second-order valence-electron chi connectivity index (χ2n) is 2.81. The molecule has 1 nitrogen and oxygen atoms in total. The van der Waals surface area contributed by atoms with Gasteiger partial charge in [-0.05, 0) is 0 Å². The minimum absolute atomic E-state index is 0.852. The topological polar surface area (TPSA) is 9.23 Å². The zero-order valence-electron chi connectivity index (χ0n) is 7.17. The number of benzene rings is 2. The summed E-state index contributed by atoms with van der Waals surface area (Å²) >= 11 is 5.22. The summed E-state index contributed by atoms with van der Waals surface area (Å²) in [6.45, 7) is 0. The third-order valence-corrected chi connectivity index (χ3v) is 2.28. The zero-order chi connectivity index (χ0) is 9.26. The second-order valence-corrected chi connectivity index (χ2v) is 3.36. The fraction of sp³-hybridized carbons (Fsp3) is 0.0909. The second kappa shape index (κ2) is 3.41. The molecule has 13 heavy (non-hydrogen) atoms. The third-order valence-electron chi connectivity index (χ3n) is 1.99. The molecule has 0 amide bonds. The average Bonchev–Trinajstić information content (AvgIpc) is 2.17. The summed E-state index contributed by atoms with van der Waals surface area (Å²) in [5.41, 5.74) is 0. The molecule has 0 saturated carbocycles. The Labute approximate surface area is 85.5 Å². The summed E-state index contributed by atoms with van der Waals surface area (Å²) in [4.78, 5) is 0. The van der Waals surface area contributed by atoms with Crippen LogP contribution in [0, 0.1) is 0 Å². The molecule has 0 aliphatic heterocycles. The fourth-order valence-electron chi connectivity index (χ4n) is 1.30. The first kappa shape index (κ1) is 8.61. The van der Waals surface area contributed by atoms with E-state index in [0.717, 1.165) is 21.0 Å². The number of hydrogen-bond acceptors (Lipinski definition) is 1. The molecule has 0 aromatic heterocycles. The number of hydrogen-bond donors (Lipinski definition) is 0. The van der Waals surface area contributed by atoms with Crippen LogP contribution in [0.1, 0.15) is 0 Å². The monoisotopic (exact) mass is 220 g/mol. The molecule has 70 valence electrons. The molecule has 0 radical (unpaired) electrons. The molecule has 2 rings (SSSR count). The quantitative estimate of drug-likeness (QED) is 0.669. The first-order valence-corrected chi connectivity index (χ1v) is 4.46.